The maximum absolute atomic E-state index is 6.03. The second kappa shape index (κ2) is 9.43. The highest BCUT2D eigenvalue weighted by Crippen LogP contribution is 2.35. The van der Waals surface area contributed by atoms with Crippen molar-refractivity contribution >= 4 is 37.5 Å². The summed E-state index contributed by atoms with van der Waals surface area (Å²) in [5.74, 6) is 0.827. The maximum atomic E-state index is 6.03. The molecule has 3 aromatic carbocycles. The first-order valence-electron chi connectivity index (χ1n) is 9.05. The number of rotatable bonds is 7. The molecule has 0 atom stereocenters. The molecule has 1 N–H and O–H groups in total. The summed E-state index contributed by atoms with van der Waals surface area (Å²) in [6.45, 7) is 5.56. The fraction of sp³-hybridized carbons (Fsp3) is 0.217. The van der Waals surface area contributed by atoms with Crippen LogP contribution in [0.15, 0.2) is 69.6 Å². The zero-order valence-electron chi connectivity index (χ0n) is 15.6. The van der Waals surface area contributed by atoms with E-state index in [2.05, 4.69) is 112 Å². The van der Waals surface area contributed by atoms with Gasteiger partial charge in [-0.1, -0.05) is 55.0 Å². The predicted molar refractivity (Wildman–Crippen MR) is 120 cm³/mol. The molecule has 0 amide bonds. The van der Waals surface area contributed by atoms with Crippen LogP contribution in [0.2, 0.25) is 0 Å². The van der Waals surface area contributed by atoms with Gasteiger partial charge < -0.3 is 10.1 Å². The Morgan fingerprint density at radius 2 is 1.56 bits per heavy atom. The maximum Gasteiger partial charge on any atom is 0.148 e. The molecular weight excluding hydrogens is 466 g/mol. The summed E-state index contributed by atoms with van der Waals surface area (Å²) in [6, 6.07) is 21.1. The summed E-state index contributed by atoms with van der Waals surface area (Å²) in [7, 11) is 0. The Kier molecular flexibility index (Phi) is 6.97. The van der Waals surface area contributed by atoms with Crippen LogP contribution in [0, 0.1) is 6.92 Å². The van der Waals surface area contributed by atoms with Gasteiger partial charge in [0, 0.05) is 12.2 Å². The van der Waals surface area contributed by atoms with Crippen molar-refractivity contribution in [3.8, 4) is 5.75 Å². The van der Waals surface area contributed by atoms with Crippen LogP contribution in [0.3, 0.4) is 0 Å². The molecule has 27 heavy (non-hydrogen) atoms. The fourth-order valence-corrected chi connectivity index (χ4v) is 4.40. The van der Waals surface area contributed by atoms with Crippen molar-refractivity contribution in [1.82, 2.24) is 0 Å². The van der Waals surface area contributed by atoms with Gasteiger partial charge in [0.2, 0.25) is 0 Å². The highest BCUT2D eigenvalue weighted by molar-refractivity contribution is 9.11. The van der Waals surface area contributed by atoms with Crippen molar-refractivity contribution in [3.05, 3.63) is 91.9 Å². The topological polar surface area (TPSA) is 21.3 Å². The number of benzene rings is 3. The molecule has 0 aromatic heterocycles. The number of anilines is 1. The number of aryl methyl sites for hydroxylation is 2. The molecule has 0 aliphatic carbocycles. The smallest absolute Gasteiger partial charge is 0.148 e. The molecule has 0 spiro atoms. The standard InChI is InChI=1S/C23H23Br2NO/c1-3-19-6-4-5-7-22(19)26-14-18-12-20(24)23(21(25)13-18)27-15-17-10-8-16(2)9-11-17/h4-13,26H,3,14-15H2,1-2H3. The highest BCUT2D eigenvalue weighted by Gasteiger charge is 2.10. The Labute approximate surface area is 178 Å². The van der Waals surface area contributed by atoms with E-state index in [0.717, 1.165) is 33.2 Å². The summed E-state index contributed by atoms with van der Waals surface area (Å²) in [5, 5.41) is 3.54. The van der Waals surface area contributed by atoms with Gasteiger partial charge in [-0.3, -0.25) is 0 Å². The van der Waals surface area contributed by atoms with Crippen LogP contribution in [0.25, 0.3) is 0 Å². The minimum absolute atomic E-state index is 0.541. The number of hydrogen-bond donors (Lipinski definition) is 1. The third-order valence-electron chi connectivity index (χ3n) is 4.44. The van der Waals surface area contributed by atoms with Gasteiger partial charge in [0.25, 0.3) is 0 Å². The SMILES string of the molecule is CCc1ccccc1NCc1cc(Br)c(OCc2ccc(C)cc2)c(Br)c1. The summed E-state index contributed by atoms with van der Waals surface area (Å²) in [4.78, 5) is 0. The Hall–Kier alpha value is -1.78. The molecule has 0 radical (unpaired) electrons. The summed E-state index contributed by atoms with van der Waals surface area (Å²) >= 11 is 7.31. The van der Waals surface area contributed by atoms with Crippen LogP contribution in [0.4, 0.5) is 5.69 Å². The molecule has 3 aromatic rings. The lowest BCUT2D eigenvalue weighted by Gasteiger charge is -2.14. The van der Waals surface area contributed by atoms with E-state index in [4.69, 9.17) is 4.74 Å². The van der Waals surface area contributed by atoms with Crippen LogP contribution >= 0.6 is 31.9 Å². The summed E-state index contributed by atoms with van der Waals surface area (Å²) < 4.78 is 7.93. The molecule has 0 heterocycles. The molecule has 4 heteroatoms. The van der Waals surface area contributed by atoms with E-state index in [-0.39, 0.29) is 0 Å². The number of halogens is 2. The summed E-state index contributed by atoms with van der Waals surface area (Å²) in [6.07, 6.45) is 1.02. The van der Waals surface area contributed by atoms with Gasteiger partial charge in [-0.15, -0.1) is 0 Å². The predicted octanol–water partition coefficient (Wildman–Crippen LogP) is 7.27. The van der Waals surface area contributed by atoms with Crippen LogP contribution in [-0.4, -0.2) is 0 Å². The molecule has 140 valence electrons. The van der Waals surface area contributed by atoms with Crippen LogP contribution in [-0.2, 0) is 19.6 Å². The van der Waals surface area contributed by atoms with E-state index in [1.807, 2.05) is 0 Å². The third kappa shape index (κ3) is 5.36. The monoisotopic (exact) mass is 487 g/mol. The first kappa shape index (κ1) is 20.0. The lowest BCUT2D eigenvalue weighted by Crippen LogP contribution is -2.03. The van der Waals surface area contributed by atoms with Crippen molar-refractivity contribution < 1.29 is 4.74 Å². The molecule has 0 aliphatic heterocycles. The molecule has 0 bridgehead atoms. The number of nitrogens with one attached hydrogen (secondary N) is 1. The van der Waals surface area contributed by atoms with Crippen molar-refractivity contribution in [2.24, 2.45) is 0 Å². The van der Waals surface area contributed by atoms with Gasteiger partial charge in [-0.25, -0.2) is 0 Å². The molecule has 0 fully saturated rings. The quantitative estimate of drug-likeness (QED) is 0.377. The molecule has 2 nitrogen and oxygen atoms in total. The van der Waals surface area contributed by atoms with Crippen LogP contribution < -0.4 is 10.1 Å². The molecule has 0 saturated carbocycles. The Morgan fingerprint density at radius 3 is 2.22 bits per heavy atom. The largest absolute Gasteiger partial charge is 0.487 e. The minimum atomic E-state index is 0.541. The Morgan fingerprint density at radius 1 is 0.889 bits per heavy atom. The van der Waals surface area contributed by atoms with Crippen molar-refractivity contribution in [2.45, 2.75) is 33.4 Å². The zero-order valence-corrected chi connectivity index (χ0v) is 18.7. The average molecular weight is 489 g/mol. The average Bonchev–Trinajstić information content (AvgIpc) is 2.67. The fourth-order valence-electron chi connectivity index (χ4n) is 2.89. The van der Waals surface area contributed by atoms with Gasteiger partial charge in [0.05, 0.1) is 8.95 Å². The second-order valence-corrected chi connectivity index (χ2v) is 8.24. The van der Waals surface area contributed by atoms with E-state index in [1.165, 1.54) is 22.4 Å². The van der Waals surface area contributed by atoms with Gasteiger partial charge in [0.1, 0.15) is 12.4 Å². The molecule has 0 unspecified atom stereocenters. The zero-order chi connectivity index (χ0) is 19.2. The lowest BCUT2D eigenvalue weighted by molar-refractivity contribution is 0.302. The number of para-hydroxylation sites is 1. The first-order chi connectivity index (χ1) is 13.1. The van der Waals surface area contributed by atoms with E-state index < -0.39 is 0 Å². The molecule has 0 aliphatic rings. The molecule has 3 rings (SSSR count). The van der Waals surface area contributed by atoms with E-state index >= 15 is 0 Å². The lowest BCUT2D eigenvalue weighted by atomic mass is 10.1. The normalized spacial score (nSPS) is 10.7. The van der Waals surface area contributed by atoms with Gasteiger partial charge in [-0.05, 0) is 80.1 Å². The third-order valence-corrected chi connectivity index (χ3v) is 5.62. The Bertz CT molecular complexity index is 884. The van der Waals surface area contributed by atoms with Crippen molar-refractivity contribution in [2.75, 3.05) is 5.32 Å². The van der Waals surface area contributed by atoms with Crippen molar-refractivity contribution in [1.29, 1.82) is 0 Å². The second-order valence-electron chi connectivity index (χ2n) is 6.53. The minimum Gasteiger partial charge on any atom is -0.487 e. The summed E-state index contributed by atoms with van der Waals surface area (Å²) in [5.41, 5.74) is 6.10. The van der Waals surface area contributed by atoms with E-state index in [0.29, 0.717) is 6.61 Å². The molecular formula is C23H23Br2NO. The number of ether oxygens (including phenoxy) is 1. The van der Waals surface area contributed by atoms with Crippen molar-refractivity contribution in [3.63, 3.8) is 0 Å². The molecule has 0 saturated heterocycles. The highest BCUT2D eigenvalue weighted by atomic mass is 79.9. The number of hydrogen-bond acceptors (Lipinski definition) is 2. The van der Waals surface area contributed by atoms with E-state index in [1.54, 1.807) is 0 Å². The van der Waals surface area contributed by atoms with Crippen LogP contribution in [0.5, 0.6) is 5.75 Å². The first-order valence-corrected chi connectivity index (χ1v) is 10.6. The van der Waals surface area contributed by atoms with Gasteiger partial charge in [-0.2, -0.15) is 0 Å². The Balaban J connectivity index is 1.68. The van der Waals surface area contributed by atoms with Gasteiger partial charge in [0.15, 0.2) is 0 Å². The van der Waals surface area contributed by atoms with Gasteiger partial charge >= 0.3 is 0 Å². The van der Waals surface area contributed by atoms with Crippen LogP contribution in [0.1, 0.15) is 29.2 Å². The van der Waals surface area contributed by atoms with E-state index in [9.17, 15) is 0 Å².